The number of ether oxygens (including phenoxy) is 1. The summed E-state index contributed by atoms with van der Waals surface area (Å²) in [5, 5.41) is 13.0. The van der Waals surface area contributed by atoms with Crippen molar-refractivity contribution in [1.82, 2.24) is 5.32 Å². The standard InChI is InChI=1S/C18H17F2NO3/c1-18(23,13-7-6-12(19)9-14(13)20)10-21-17(22)16-8-11-4-2-3-5-15(11)24-16/h2-7,9,16,23H,8,10H2,1H3,(H,21,22)/t16-,18+/m0/s1. The number of fused-ring (bicyclic) bond motifs is 1. The Morgan fingerprint density at radius 1 is 1.33 bits per heavy atom. The summed E-state index contributed by atoms with van der Waals surface area (Å²) in [6.07, 6.45) is -0.244. The highest BCUT2D eigenvalue weighted by Gasteiger charge is 2.32. The Balaban J connectivity index is 1.64. The molecule has 1 aliphatic rings. The lowest BCUT2D eigenvalue weighted by molar-refractivity contribution is -0.128. The molecule has 6 heteroatoms. The van der Waals surface area contributed by atoms with E-state index in [4.69, 9.17) is 4.74 Å². The van der Waals surface area contributed by atoms with Crippen LogP contribution in [-0.4, -0.2) is 23.7 Å². The number of carbonyl (C=O) groups is 1. The molecule has 1 heterocycles. The van der Waals surface area contributed by atoms with Crippen LogP contribution in [0.3, 0.4) is 0 Å². The third-order valence-corrected chi connectivity index (χ3v) is 4.06. The average Bonchev–Trinajstić information content (AvgIpc) is 2.96. The number of hydrogen-bond acceptors (Lipinski definition) is 3. The molecular weight excluding hydrogens is 316 g/mol. The number of hydrogen-bond donors (Lipinski definition) is 2. The molecule has 2 N–H and O–H groups in total. The molecular formula is C18H17F2NO3. The lowest BCUT2D eigenvalue weighted by Crippen LogP contribution is -2.44. The number of para-hydroxylation sites is 1. The van der Waals surface area contributed by atoms with Gasteiger partial charge < -0.3 is 15.2 Å². The van der Waals surface area contributed by atoms with E-state index < -0.39 is 29.2 Å². The maximum absolute atomic E-state index is 13.8. The van der Waals surface area contributed by atoms with E-state index in [1.54, 1.807) is 6.07 Å². The molecule has 4 nitrogen and oxygen atoms in total. The number of carbonyl (C=O) groups excluding carboxylic acids is 1. The number of amides is 1. The largest absolute Gasteiger partial charge is 0.480 e. The minimum Gasteiger partial charge on any atom is -0.480 e. The van der Waals surface area contributed by atoms with Crippen LogP contribution >= 0.6 is 0 Å². The van der Waals surface area contributed by atoms with Gasteiger partial charge in [0.1, 0.15) is 23.0 Å². The van der Waals surface area contributed by atoms with Crippen molar-refractivity contribution in [2.75, 3.05) is 6.54 Å². The molecule has 1 amide bonds. The SMILES string of the molecule is C[C@@](O)(CNC(=O)[C@@H]1Cc2ccccc2O1)c1ccc(F)cc1F. The van der Waals surface area contributed by atoms with Crippen LogP contribution in [-0.2, 0) is 16.8 Å². The van der Waals surface area contributed by atoms with Crippen LogP contribution in [0.2, 0.25) is 0 Å². The summed E-state index contributed by atoms with van der Waals surface area (Å²) >= 11 is 0. The fraction of sp³-hybridized carbons (Fsp3) is 0.278. The average molecular weight is 333 g/mol. The third kappa shape index (κ3) is 3.23. The molecule has 24 heavy (non-hydrogen) atoms. The van der Waals surface area contributed by atoms with Crippen LogP contribution in [0.15, 0.2) is 42.5 Å². The van der Waals surface area contributed by atoms with E-state index >= 15 is 0 Å². The fourth-order valence-corrected chi connectivity index (χ4v) is 2.72. The predicted octanol–water partition coefficient (Wildman–Crippen LogP) is 2.29. The topological polar surface area (TPSA) is 58.6 Å². The van der Waals surface area contributed by atoms with Crippen molar-refractivity contribution in [3.05, 3.63) is 65.2 Å². The number of rotatable bonds is 4. The van der Waals surface area contributed by atoms with E-state index in [-0.39, 0.29) is 12.1 Å². The summed E-state index contributed by atoms with van der Waals surface area (Å²) in [6.45, 7) is 1.14. The van der Waals surface area contributed by atoms with Gasteiger partial charge in [-0.1, -0.05) is 24.3 Å². The molecule has 2 aromatic carbocycles. The molecule has 2 atom stereocenters. The quantitative estimate of drug-likeness (QED) is 0.903. The van der Waals surface area contributed by atoms with Crippen LogP contribution in [0.5, 0.6) is 5.75 Å². The van der Waals surface area contributed by atoms with Crippen LogP contribution in [0, 0.1) is 11.6 Å². The lowest BCUT2D eigenvalue weighted by Gasteiger charge is -2.25. The van der Waals surface area contributed by atoms with Gasteiger partial charge in [-0.25, -0.2) is 8.78 Å². The van der Waals surface area contributed by atoms with Gasteiger partial charge in [0.25, 0.3) is 5.91 Å². The monoisotopic (exact) mass is 333 g/mol. The molecule has 0 bridgehead atoms. The third-order valence-electron chi connectivity index (χ3n) is 4.06. The highest BCUT2D eigenvalue weighted by molar-refractivity contribution is 5.82. The maximum Gasteiger partial charge on any atom is 0.261 e. The van der Waals surface area contributed by atoms with Crippen molar-refractivity contribution in [3.63, 3.8) is 0 Å². The number of halogens is 2. The van der Waals surface area contributed by atoms with Gasteiger partial charge in [0.2, 0.25) is 0 Å². The Bertz CT molecular complexity index is 752. The Labute approximate surface area is 138 Å². The Kier molecular flexibility index (Phi) is 4.24. The highest BCUT2D eigenvalue weighted by atomic mass is 19.1. The smallest absolute Gasteiger partial charge is 0.261 e. The zero-order valence-electron chi connectivity index (χ0n) is 13.1. The molecule has 0 saturated heterocycles. The Hall–Kier alpha value is -2.47. The first-order chi connectivity index (χ1) is 11.4. The highest BCUT2D eigenvalue weighted by Crippen LogP contribution is 2.28. The second-order valence-corrected chi connectivity index (χ2v) is 6.03. The zero-order chi connectivity index (χ0) is 17.3. The summed E-state index contributed by atoms with van der Waals surface area (Å²) in [7, 11) is 0. The first kappa shape index (κ1) is 16.4. The van der Waals surface area contributed by atoms with Gasteiger partial charge in [0, 0.05) is 18.1 Å². The van der Waals surface area contributed by atoms with Crippen molar-refractivity contribution in [1.29, 1.82) is 0 Å². The molecule has 0 spiro atoms. The van der Waals surface area contributed by atoms with E-state index in [1.165, 1.54) is 13.0 Å². The molecule has 3 rings (SSSR count). The summed E-state index contributed by atoms with van der Waals surface area (Å²) in [6, 6.07) is 10.3. The van der Waals surface area contributed by atoms with E-state index in [0.29, 0.717) is 18.2 Å². The first-order valence-electron chi connectivity index (χ1n) is 7.57. The van der Waals surface area contributed by atoms with Crippen molar-refractivity contribution in [2.45, 2.75) is 25.0 Å². The molecule has 1 aliphatic heterocycles. The lowest BCUT2D eigenvalue weighted by atomic mass is 9.95. The first-order valence-corrected chi connectivity index (χ1v) is 7.57. The molecule has 126 valence electrons. The van der Waals surface area contributed by atoms with Gasteiger partial charge in [0.15, 0.2) is 6.10 Å². The van der Waals surface area contributed by atoms with Gasteiger partial charge in [-0.2, -0.15) is 0 Å². The molecule has 0 fully saturated rings. The molecule has 0 unspecified atom stereocenters. The predicted molar refractivity (Wildman–Crippen MR) is 83.5 cm³/mol. The maximum atomic E-state index is 13.8. The second kappa shape index (κ2) is 6.20. The van der Waals surface area contributed by atoms with E-state index in [0.717, 1.165) is 11.6 Å². The van der Waals surface area contributed by atoms with Crippen molar-refractivity contribution >= 4 is 5.91 Å². The summed E-state index contributed by atoms with van der Waals surface area (Å²) in [5.41, 5.74) is -0.812. The molecule has 0 aliphatic carbocycles. The number of benzene rings is 2. The Morgan fingerprint density at radius 3 is 2.79 bits per heavy atom. The van der Waals surface area contributed by atoms with Crippen molar-refractivity contribution in [3.8, 4) is 5.75 Å². The minimum absolute atomic E-state index is 0.0835. The summed E-state index contributed by atoms with van der Waals surface area (Å²) in [5.74, 6) is -1.32. The van der Waals surface area contributed by atoms with Crippen LogP contribution in [0.4, 0.5) is 8.78 Å². The second-order valence-electron chi connectivity index (χ2n) is 6.03. The number of nitrogens with one attached hydrogen (secondary N) is 1. The van der Waals surface area contributed by atoms with Gasteiger partial charge in [0.05, 0.1) is 6.54 Å². The van der Waals surface area contributed by atoms with E-state index in [2.05, 4.69) is 5.32 Å². The Morgan fingerprint density at radius 2 is 2.08 bits per heavy atom. The summed E-state index contributed by atoms with van der Waals surface area (Å²) in [4.78, 5) is 12.2. The van der Waals surface area contributed by atoms with E-state index in [1.807, 2.05) is 18.2 Å². The van der Waals surface area contributed by atoms with E-state index in [9.17, 15) is 18.7 Å². The molecule has 0 aromatic heterocycles. The fourth-order valence-electron chi connectivity index (χ4n) is 2.72. The molecule has 0 saturated carbocycles. The summed E-state index contributed by atoms with van der Waals surface area (Å²) < 4.78 is 32.4. The van der Waals surface area contributed by atoms with Crippen molar-refractivity contribution in [2.24, 2.45) is 0 Å². The molecule has 0 radical (unpaired) electrons. The van der Waals surface area contributed by atoms with Gasteiger partial charge in [-0.05, 0) is 24.6 Å². The van der Waals surface area contributed by atoms with Gasteiger partial charge in [-0.3, -0.25) is 4.79 Å². The van der Waals surface area contributed by atoms with Gasteiger partial charge >= 0.3 is 0 Å². The zero-order valence-corrected chi connectivity index (χ0v) is 13.1. The normalized spacial score (nSPS) is 18.4. The minimum atomic E-state index is -1.67. The number of aliphatic hydroxyl groups is 1. The van der Waals surface area contributed by atoms with Crippen LogP contribution in [0.1, 0.15) is 18.1 Å². The van der Waals surface area contributed by atoms with Crippen LogP contribution < -0.4 is 10.1 Å². The van der Waals surface area contributed by atoms with Crippen molar-refractivity contribution < 1.29 is 23.4 Å². The molecule has 2 aromatic rings. The van der Waals surface area contributed by atoms with Gasteiger partial charge in [-0.15, -0.1) is 0 Å². The van der Waals surface area contributed by atoms with Crippen LogP contribution in [0.25, 0.3) is 0 Å².